The molecule has 17 heavy (non-hydrogen) atoms. The van der Waals surface area contributed by atoms with Crippen LogP contribution in [0.4, 0.5) is 5.82 Å². The Morgan fingerprint density at radius 2 is 2.24 bits per heavy atom. The van der Waals surface area contributed by atoms with Gasteiger partial charge in [-0.2, -0.15) is 0 Å². The van der Waals surface area contributed by atoms with Gasteiger partial charge in [0.1, 0.15) is 17.3 Å². The van der Waals surface area contributed by atoms with E-state index in [-0.39, 0.29) is 5.91 Å². The molecule has 0 aliphatic rings. The number of anilines is 1. The lowest BCUT2D eigenvalue weighted by molar-refractivity contribution is -0.120. The summed E-state index contributed by atoms with van der Waals surface area (Å²) in [7, 11) is 3.52. The zero-order valence-corrected chi connectivity index (χ0v) is 11.1. The van der Waals surface area contributed by atoms with E-state index in [4.69, 9.17) is 11.6 Å². The summed E-state index contributed by atoms with van der Waals surface area (Å²) in [5, 5.41) is 3.06. The maximum absolute atomic E-state index is 11.2. The molecule has 0 aliphatic carbocycles. The smallest absolute Gasteiger partial charge is 0.221 e. The van der Waals surface area contributed by atoms with Crippen molar-refractivity contribution in [3.05, 3.63) is 17.0 Å². The van der Waals surface area contributed by atoms with Gasteiger partial charge < -0.3 is 10.2 Å². The molecule has 6 heteroatoms. The first-order valence-electron chi connectivity index (χ1n) is 5.51. The van der Waals surface area contributed by atoms with Crippen LogP contribution in [-0.2, 0) is 11.2 Å². The Labute approximate surface area is 106 Å². The monoisotopic (exact) mass is 256 g/mol. The van der Waals surface area contributed by atoms with E-state index in [1.165, 1.54) is 6.33 Å². The molecule has 0 aliphatic heterocycles. The third kappa shape index (κ3) is 3.56. The van der Waals surface area contributed by atoms with E-state index in [1.54, 1.807) is 7.05 Å². The molecule has 1 rings (SSSR count). The Morgan fingerprint density at radius 1 is 1.53 bits per heavy atom. The maximum Gasteiger partial charge on any atom is 0.221 e. The van der Waals surface area contributed by atoms with Gasteiger partial charge in [0.15, 0.2) is 0 Å². The van der Waals surface area contributed by atoms with Gasteiger partial charge in [-0.3, -0.25) is 4.79 Å². The number of hydrogen-bond acceptors (Lipinski definition) is 4. The number of carbonyl (C=O) groups is 1. The van der Waals surface area contributed by atoms with Gasteiger partial charge in [0, 0.05) is 32.6 Å². The topological polar surface area (TPSA) is 58.1 Å². The van der Waals surface area contributed by atoms with Gasteiger partial charge in [-0.05, 0) is 6.42 Å². The molecular formula is C11H17ClN4O. The molecule has 0 spiro atoms. The van der Waals surface area contributed by atoms with Crippen molar-refractivity contribution in [2.24, 2.45) is 0 Å². The highest BCUT2D eigenvalue weighted by Crippen LogP contribution is 2.22. The summed E-state index contributed by atoms with van der Waals surface area (Å²) < 4.78 is 0. The minimum absolute atomic E-state index is 0.00931. The molecule has 1 N–H and O–H groups in total. The van der Waals surface area contributed by atoms with Gasteiger partial charge in [-0.1, -0.05) is 18.5 Å². The lowest BCUT2D eigenvalue weighted by Gasteiger charge is -2.20. The molecule has 1 aromatic rings. The zero-order chi connectivity index (χ0) is 12.8. The Hall–Kier alpha value is -1.36. The third-order valence-corrected chi connectivity index (χ3v) is 2.86. The molecule has 0 saturated carbocycles. The standard InChI is InChI=1S/C11H17ClN4O/c1-4-8-10(12)14-7-15-11(8)16(3)6-5-9(17)13-2/h7H,4-6H2,1-3H3,(H,13,17). The third-order valence-electron chi connectivity index (χ3n) is 2.54. The van der Waals surface area contributed by atoms with Crippen molar-refractivity contribution in [2.45, 2.75) is 19.8 Å². The minimum Gasteiger partial charge on any atom is -0.359 e. The molecule has 0 fully saturated rings. The van der Waals surface area contributed by atoms with Crippen LogP contribution in [0.5, 0.6) is 0 Å². The Morgan fingerprint density at radius 3 is 2.82 bits per heavy atom. The summed E-state index contributed by atoms with van der Waals surface area (Å²) in [4.78, 5) is 21.3. The molecule has 0 bridgehead atoms. The average Bonchev–Trinajstić information content (AvgIpc) is 2.35. The fraction of sp³-hybridized carbons (Fsp3) is 0.545. The van der Waals surface area contributed by atoms with E-state index >= 15 is 0 Å². The van der Waals surface area contributed by atoms with Crippen molar-refractivity contribution >= 4 is 23.3 Å². The van der Waals surface area contributed by atoms with E-state index in [9.17, 15) is 4.79 Å². The van der Waals surface area contributed by atoms with E-state index < -0.39 is 0 Å². The molecule has 1 heterocycles. The van der Waals surface area contributed by atoms with Crippen LogP contribution in [0.1, 0.15) is 18.9 Å². The van der Waals surface area contributed by atoms with Crippen LogP contribution in [-0.4, -0.2) is 36.5 Å². The van der Waals surface area contributed by atoms with Gasteiger partial charge in [0.2, 0.25) is 5.91 Å². The number of carbonyl (C=O) groups excluding carboxylic acids is 1. The zero-order valence-electron chi connectivity index (χ0n) is 10.3. The molecule has 5 nitrogen and oxygen atoms in total. The van der Waals surface area contributed by atoms with Crippen LogP contribution in [0.15, 0.2) is 6.33 Å². The largest absolute Gasteiger partial charge is 0.359 e. The van der Waals surface area contributed by atoms with E-state index in [0.717, 1.165) is 17.8 Å². The van der Waals surface area contributed by atoms with Crippen molar-refractivity contribution in [3.63, 3.8) is 0 Å². The summed E-state index contributed by atoms with van der Waals surface area (Å²) in [6, 6.07) is 0. The second-order valence-corrected chi connectivity index (χ2v) is 4.02. The number of aromatic nitrogens is 2. The molecular weight excluding hydrogens is 240 g/mol. The Balaban J connectivity index is 2.78. The molecule has 1 aromatic heterocycles. The highest BCUT2D eigenvalue weighted by molar-refractivity contribution is 6.30. The number of halogens is 1. The fourth-order valence-electron chi connectivity index (χ4n) is 1.52. The summed E-state index contributed by atoms with van der Waals surface area (Å²) in [5.74, 6) is 0.798. The van der Waals surface area contributed by atoms with E-state index in [2.05, 4.69) is 15.3 Å². The van der Waals surface area contributed by atoms with Crippen LogP contribution in [0, 0.1) is 0 Å². The Kier molecular flexibility index (Phi) is 5.15. The predicted octanol–water partition coefficient (Wildman–Crippen LogP) is 1.26. The van der Waals surface area contributed by atoms with Crippen molar-refractivity contribution in [2.75, 3.05) is 25.5 Å². The van der Waals surface area contributed by atoms with Crippen LogP contribution in [0.25, 0.3) is 0 Å². The SMILES string of the molecule is CCc1c(Cl)ncnc1N(C)CCC(=O)NC. The summed E-state index contributed by atoms with van der Waals surface area (Å²) in [5.41, 5.74) is 0.911. The quantitative estimate of drug-likeness (QED) is 0.806. The van der Waals surface area contributed by atoms with Gasteiger partial charge in [0.25, 0.3) is 0 Å². The first-order chi connectivity index (χ1) is 8.10. The fourth-order valence-corrected chi connectivity index (χ4v) is 1.78. The van der Waals surface area contributed by atoms with Crippen molar-refractivity contribution < 1.29 is 4.79 Å². The second-order valence-electron chi connectivity index (χ2n) is 3.66. The highest BCUT2D eigenvalue weighted by atomic mass is 35.5. The van der Waals surface area contributed by atoms with Gasteiger partial charge in [-0.25, -0.2) is 9.97 Å². The summed E-state index contributed by atoms with van der Waals surface area (Å²) in [6.45, 7) is 2.60. The lowest BCUT2D eigenvalue weighted by atomic mass is 10.2. The highest BCUT2D eigenvalue weighted by Gasteiger charge is 2.12. The molecule has 1 amide bonds. The Bertz CT molecular complexity index is 397. The molecule has 94 valence electrons. The van der Waals surface area contributed by atoms with Crippen molar-refractivity contribution in [1.82, 2.24) is 15.3 Å². The summed E-state index contributed by atoms with van der Waals surface area (Å²) in [6.07, 6.45) is 2.63. The second kappa shape index (κ2) is 6.39. The van der Waals surface area contributed by atoms with Gasteiger partial charge in [-0.15, -0.1) is 0 Å². The number of nitrogens with zero attached hydrogens (tertiary/aromatic N) is 3. The van der Waals surface area contributed by atoms with Crippen LogP contribution >= 0.6 is 11.6 Å². The number of amides is 1. The van der Waals surface area contributed by atoms with Crippen molar-refractivity contribution in [3.8, 4) is 0 Å². The number of nitrogens with one attached hydrogen (secondary N) is 1. The lowest BCUT2D eigenvalue weighted by Crippen LogP contribution is -2.27. The normalized spacial score (nSPS) is 10.1. The van der Waals surface area contributed by atoms with Crippen LogP contribution in [0.2, 0.25) is 5.15 Å². The molecule has 0 radical (unpaired) electrons. The predicted molar refractivity (Wildman–Crippen MR) is 68.4 cm³/mol. The summed E-state index contributed by atoms with van der Waals surface area (Å²) >= 11 is 6.01. The van der Waals surface area contributed by atoms with Gasteiger partial charge in [0.05, 0.1) is 0 Å². The first kappa shape index (κ1) is 13.7. The molecule has 0 saturated heterocycles. The molecule has 0 aromatic carbocycles. The van der Waals surface area contributed by atoms with Gasteiger partial charge >= 0.3 is 0 Å². The molecule has 0 unspecified atom stereocenters. The number of rotatable bonds is 5. The minimum atomic E-state index is 0.00931. The molecule has 0 atom stereocenters. The van der Waals surface area contributed by atoms with Crippen LogP contribution in [0.3, 0.4) is 0 Å². The van der Waals surface area contributed by atoms with E-state index in [0.29, 0.717) is 18.1 Å². The maximum atomic E-state index is 11.2. The van der Waals surface area contributed by atoms with Crippen molar-refractivity contribution in [1.29, 1.82) is 0 Å². The van der Waals surface area contributed by atoms with E-state index in [1.807, 2.05) is 18.9 Å². The van der Waals surface area contributed by atoms with Crippen LogP contribution < -0.4 is 10.2 Å². The first-order valence-corrected chi connectivity index (χ1v) is 5.89. The average molecular weight is 257 g/mol. The number of hydrogen-bond donors (Lipinski definition) is 1.